The second-order valence-corrected chi connectivity index (χ2v) is 5.06. The lowest BCUT2D eigenvalue weighted by Gasteiger charge is -2.03. The Morgan fingerprint density at radius 1 is 1.24 bits per heavy atom. The minimum absolute atomic E-state index is 0.374. The molecule has 0 aliphatic heterocycles. The molecule has 0 bridgehead atoms. The third-order valence-corrected chi connectivity index (χ3v) is 3.45. The Kier molecular flexibility index (Phi) is 2.97. The van der Waals surface area contributed by atoms with Crippen molar-refractivity contribution in [3.63, 3.8) is 0 Å². The fourth-order valence-corrected chi connectivity index (χ4v) is 2.31. The molecule has 2 aromatic carbocycles. The number of nitrogens with one attached hydrogen (secondary N) is 1. The number of carboxylic acid groups (broad SMARTS) is 1. The number of imidazole rings is 1. The van der Waals surface area contributed by atoms with Crippen LogP contribution in [0.1, 0.15) is 21.5 Å². The summed E-state index contributed by atoms with van der Waals surface area (Å²) in [5, 5.41) is 8.95. The summed E-state index contributed by atoms with van der Waals surface area (Å²) in [6.45, 7) is 3.94. The molecule has 1 heterocycles. The number of H-pyrrole nitrogens is 1. The highest BCUT2D eigenvalue weighted by Gasteiger charge is 2.15. The molecule has 0 spiro atoms. The van der Waals surface area contributed by atoms with Crippen LogP contribution in [0.5, 0.6) is 0 Å². The van der Waals surface area contributed by atoms with E-state index < -0.39 is 11.8 Å². The van der Waals surface area contributed by atoms with Crippen LogP contribution in [0.25, 0.3) is 22.4 Å². The molecule has 0 radical (unpaired) electrons. The fourth-order valence-electron chi connectivity index (χ4n) is 2.31. The number of benzene rings is 2. The Morgan fingerprint density at radius 3 is 2.71 bits per heavy atom. The number of fused-ring (bicyclic) bond motifs is 1. The Hall–Kier alpha value is -2.69. The first kappa shape index (κ1) is 13.3. The molecule has 0 unspecified atom stereocenters. The molecule has 0 aliphatic carbocycles. The van der Waals surface area contributed by atoms with Gasteiger partial charge in [0.25, 0.3) is 0 Å². The predicted octanol–water partition coefficient (Wildman–Crippen LogP) is 3.68. The van der Waals surface area contributed by atoms with Gasteiger partial charge in [0.15, 0.2) is 0 Å². The average molecular weight is 284 g/mol. The van der Waals surface area contributed by atoms with E-state index in [2.05, 4.69) is 9.97 Å². The van der Waals surface area contributed by atoms with Gasteiger partial charge in [0.05, 0.1) is 16.6 Å². The minimum atomic E-state index is -1.30. The monoisotopic (exact) mass is 284 g/mol. The van der Waals surface area contributed by atoms with Crippen molar-refractivity contribution in [3.8, 4) is 11.4 Å². The van der Waals surface area contributed by atoms with Crippen LogP contribution in [-0.2, 0) is 0 Å². The van der Waals surface area contributed by atoms with Crippen LogP contribution >= 0.6 is 0 Å². The molecule has 0 atom stereocenters. The molecule has 0 aliphatic rings. The van der Waals surface area contributed by atoms with Crippen molar-refractivity contribution < 1.29 is 14.3 Å². The van der Waals surface area contributed by atoms with Crippen LogP contribution in [-0.4, -0.2) is 21.0 Å². The van der Waals surface area contributed by atoms with Crippen LogP contribution in [0.3, 0.4) is 0 Å². The highest BCUT2D eigenvalue weighted by Crippen LogP contribution is 2.26. The van der Waals surface area contributed by atoms with E-state index in [1.54, 1.807) is 0 Å². The molecule has 5 heteroatoms. The predicted molar refractivity (Wildman–Crippen MR) is 77.9 cm³/mol. The Balaban J connectivity index is 2.21. The topological polar surface area (TPSA) is 66.0 Å². The molecule has 106 valence electrons. The van der Waals surface area contributed by atoms with Crippen LogP contribution < -0.4 is 0 Å². The number of aromatic amines is 1. The van der Waals surface area contributed by atoms with E-state index >= 15 is 0 Å². The first-order chi connectivity index (χ1) is 9.95. The maximum absolute atomic E-state index is 13.7. The average Bonchev–Trinajstić information content (AvgIpc) is 2.82. The van der Waals surface area contributed by atoms with Crippen LogP contribution in [0.2, 0.25) is 0 Å². The number of hydrogen-bond acceptors (Lipinski definition) is 2. The van der Waals surface area contributed by atoms with Gasteiger partial charge in [-0.15, -0.1) is 0 Å². The summed E-state index contributed by atoms with van der Waals surface area (Å²) in [5.41, 5.74) is 3.59. The summed E-state index contributed by atoms with van der Waals surface area (Å²) < 4.78 is 13.7. The van der Waals surface area contributed by atoms with E-state index in [1.165, 1.54) is 12.1 Å². The second-order valence-electron chi connectivity index (χ2n) is 5.06. The van der Waals surface area contributed by atoms with E-state index in [0.717, 1.165) is 16.7 Å². The molecule has 0 amide bonds. The van der Waals surface area contributed by atoms with Gasteiger partial charge in [-0.2, -0.15) is 0 Å². The van der Waals surface area contributed by atoms with Gasteiger partial charge in [0.1, 0.15) is 11.6 Å². The van der Waals surface area contributed by atoms with Crippen molar-refractivity contribution in [3.05, 3.63) is 52.8 Å². The van der Waals surface area contributed by atoms with Crippen molar-refractivity contribution in [1.82, 2.24) is 9.97 Å². The minimum Gasteiger partial charge on any atom is -0.478 e. The lowest BCUT2D eigenvalue weighted by Crippen LogP contribution is -1.99. The first-order valence-electron chi connectivity index (χ1n) is 6.46. The maximum atomic E-state index is 13.7. The van der Waals surface area contributed by atoms with Crippen LogP contribution in [0.4, 0.5) is 4.39 Å². The maximum Gasteiger partial charge on any atom is 0.338 e. The number of hydrogen-bond donors (Lipinski definition) is 2. The van der Waals surface area contributed by atoms with Gasteiger partial charge >= 0.3 is 5.97 Å². The highest BCUT2D eigenvalue weighted by atomic mass is 19.1. The van der Waals surface area contributed by atoms with E-state index in [9.17, 15) is 9.18 Å². The zero-order valence-corrected chi connectivity index (χ0v) is 11.6. The van der Waals surface area contributed by atoms with E-state index in [-0.39, 0.29) is 5.56 Å². The Bertz CT molecular complexity index is 868. The molecule has 21 heavy (non-hydrogen) atoms. The van der Waals surface area contributed by atoms with Gasteiger partial charge in [-0.25, -0.2) is 14.2 Å². The van der Waals surface area contributed by atoms with Crippen LogP contribution in [0.15, 0.2) is 30.3 Å². The molecular formula is C16H13FN2O2. The van der Waals surface area contributed by atoms with Gasteiger partial charge in [0, 0.05) is 11.6 Å². The van der Waals surface area contributed by atoms with E-state index in [4.69, 9.17) is 5.11 Å². The highest BCUT2D eigenvalue weighted by molar-refractivity contribution is 5.93. The zero-order chi connectivity index (χ0) is 15.1. The molecule has 0 fully saturated rings. The van der Waals surface area contributed by atoms with Crippen molar-refractivity contribution in [2.24, 2.45) is 0 Å². The first-order valence-corrected chi connectivity index (χ1v) is 6.46. The molecule has 0 saturated carbocycles. The number of aromatic nitrogens is 2. The summed E-state index contributed by atoms with van der Waals surface area (Å²) in [6.07, 6.45) is 0. The third-order valence-electron chi connectivity index (χ3n) is 3.45. The molecule has 2 N–H and O–H groups in total. The van der Waals surface area contributed by atoms with Crippen molar-refractivity contribution >= 4 is 17.0 Å². The molecular weight excluding hydrogens is 271 g/mol. The van der Waals surface area contributed by atoms with Crippen LogP contribution in [0, 0.1) is 19.7 Å². The normalized spacial score (nSPS) is 11.0. The van der Waals surface area contributed by atoms with Crippen molar-refractivity contribution in [2.45, 2.75) is 13.8 Å². The summed E-state index contributed by atoms with van der Waals surface area (Å²) in [5.74, 6) is -1.47. The number of halogens is 1. The lowest BCUT2D eigenvalue weighted by atomic mass is 10.1. The number of carbonyl (C=O) groups is 1. The number of rotatable bonds is 2. The van der Waals surface area contributed by atoms with Gasteiger partial charge in [-0.3, -0.25) is 0 Å². The number of nitrogens with zero attached hydrogens (tertiary/aromatic N) is 1. The molecule has 4 nitrogen and oxygen atoms in total. The smallest absolute Gasteiger partial charge is 0.338 e. The summed E-state index contributed by atoms with van der Waals surface area (Å²) in [7, 11) is 0. The lowest BCUT2D eigenvalue weighted by molar-refractivity contribution is 0.0692. The fraction of sp³-hybridized carbons (Fsp3) is 0.125. The standard InChI is InChI=1S/C16H13FN2O2/c1-8-3-4-9(2)10(5-8)15-18-13-6-11(16(20)21)12(17)7-14(13)19-15/h3-7H,1-2H3,(H,18,19)(H,20,21). The van der Waals surface area contributed by atoms with Gasteiger partial charge in [0.2, 0.25) is 0 Å². The molecule has 3 rings (SSSR count). The Morgan fingerprint density at radius 2 is 2.00 bits per heavy atom. The summed E-state index contributed by atoms with van der Waals surface area (Å²) in [6, 6.07) is 8.39. The summed E-state index contributed by atoms with van der Waals surface area (Å²) in [4.78, 5) is 18.4. The number of carboxylic acids is 1. The second kappa shape index (κ2) is 4.70. The third kappa shape index (κ3) is 2.27. The quantitative estimate of drug-likeness (QED) is 0.754. The summed E-state index contributed by atoms with van der Waals surface area (Å²) >= 11 is 0. The van der Waals surface area contributed by atoms with E-state index in [0.29, 0.717) is 16.9 Å². The number of aromatic carboxylic acids is 1. The zero-order valence-electron chi connectivity index (χ0n) is 11.6. The largest absolute Gasteiger partial charge is 0.478 e. The Labute approximate surface area is 120 Å². The molecule has 3 aromatic rings. The van der Waals surface area contributed by atoms with Gasteiger partial charge in [-0.05, 0) is 31.5 Å². The van der Waals surface area contributed by atoms with Crippen molar-refractivity contribution in [1.29, 1.82) is 0 Å². The SMILES string of the molecule is Cc1ccc(C)c(-c2nc3cc(C(=O)O)c(F)cc3[nH]2)c1. The van der Waals surface area contributed by atoms with E-state index in [1.807, 2.05) is 32.0 Å². The van der Waals surface area contributed by atoms with Gasteiger partial charge in [-0.1, -0.05) is 17.7 Å². The number of aryl methyl sites for hydroxylation is 2. The van der Waals surface area contributed by atoms with Crippen molar-refractivity contribution in [2.75, 3.05) is 0 Å². The molecule has 1 aromatic heterocycles. The molecule has 0 saturated heterocycles. The van der Waals surface area contributed by atoms with Gasteiger partial charge < -0.3 is 10.1 Å².